The standard InChI is InChI=1S/C13H16F2O2/c1-4-17-13(8(2)3)12(16)10-6-5-9(14)7-11(10)15/h5-8,13H,4H2,1-3H3. The van der Waals surface area contributed by atoms with Crippen molar-refractivity contribution in [3.8, 4) is 0 Å². The molecular weight excluding hydrogens is 226 g/mol. The van der Waals surface area contributed by atoms with Crippen LogP contribution in [0.5, 0.6) is 0 Å². The van der Waals surface area contributed by atoms with E-state index in [1.165, 1.54) is 0 Å². The fraction of sp³-hybridized carbons (Fsp3) is 0.462. The van der Waals surface area contributed by atoms with E-state index in [1.54, 1.807) is 6.92 Å². The second kappa shape index (κ2) is 5.87. The zero-order valence-electron chi connectivity index (χ0n) is 10.2. The largest absolute Gasteiger partial charge is 0.370 e. The quantitative estimate of drug-likeness (QED) is 0.741. The van der Waals surface area contributed by atoms with Gasteiger partial charge in [-0.2, -0.15) is 0 Å². The molecular formula is C13H16F2O2. The van der Waals surface area contributed by atoms with Crippen LogP contribution in [0.2, 0.25) is 0 Å². The van der Waals surface area contributed by atoms with Gasteiger partial charge in [-0.15, -0.1) is 0 Å². The Hall–Kier alpha value is -1.29. The van der Waals surface area contributed by atoms with Crippen LogP contribution in [0.1, 0.15) is 31.1 Å². The van der Waals surface area contributed by atoms with Crippen LogP contribution in [0.25, 0.3) is 0 Å². The van der Waals surface area contributed by atoms with Gasteiger partial charge in [-0.1, -0.05) is 13.8 Å². The van der Waals surface area contributed by atoms with Crippen LogP contribution < -0.4 is 0 Å². The van der Waals surface area contributed by atoms with Gasteiger partial charge in [0.2, 0.25) is 0 Å². The van der Waals surface area contributed by atoms with Gasteiger partial charge in [0, 0.05) is 12.7 Å². The highest BCUT2D eigenvalue weighted by molar-refractivity contribution is 5.99. The van der Waals surface area contributed by atoms with E-state index in [0.29, 0.717) is 12.7 Å². The van der Waals surface area contributed by atoms with Crippen molar-refractivity contribution < 1.29 is 18.3 Å². The molecule has 0 saturated heterocycles. The monoisotopic (exact) mass is 242 g/mol. The van der Waals surface area contributed by atoms with E-state index in [0.717, 1.165) is 12.1 Å². The molecule has 1 rings (SSSR count). The van der Waals surface area contributed by atoms with E-state index < -0.39 is 23.5 Å². The summed E-state index contributed by atoms with van der Waals surface area (Å²) in [6, 6.07) is 2.93. The van der Waals surface area contributed by atoms with Crippen LogP contribution in [0, 0.1) is 17.6 Å². The Balaban J connectivity index is 3.01. The van der Waals surface area contributed by atoms with Crippen molar-refractivity contribution in [3.63, 3.8) is 0 Å². The highest BCUT2D eigenvalue weighted by atomic mass is 19.1. The van der Waals surface area contributed by atoms with Gasteiger partial charge in [0.25, 0.3) is 0 Å². The normalized spacial score (nSPS) is 12.8. The maximum Gasteiger partial charge on any atom is 0.194 e. The Morgan fingerprint density at radius 1 is 1.35 bits per heavy atom. The molecule has 0 heterocycles. The highest BCUT2D eigenvalue weighted by Crippen LogP contribution is 2.17. The molecule has 1 unspecified atom stereocenters. The Kier molecular flexibility index (Phi) is 4.75. The van der Waals surface area contributed by atoms with Gasteiger partial charge in [0.05, 0.1) is 5.56 Å². The summed E-state index contributed by atoms with van der Waals surface area (Å²) in [5.41, 5.74) is -0.126. The van der Waals surface area contributed by atoms with Crippen molar-refractivity contribution in [1.29, 1.82) is 0 Å². The van der Waals surface area contributed by atoms with Gasteiger partial charge in [0.15, 0.2) is 5.78 Å². The lowest BCUT2D eigenvalue weighted by Crippen LogP contribution is -2.30. The summed E-state index contributed by atoms with van der Waals surface area (Å²) in [6.07, 6.45) is -0.694. The van der Waals surface area contributed by atoms with E-state index in [4.69, 9.17) is 4.74 Å². The van der Waals surface area contributed by atoms with Crippen LogP contribution >= 0.6 is 0 Å². The van der Waals surface area contributed by atoms with E-state index in [9.17, 15) is 13.6 Å². The minimum absolute atomic E-state index is 0.0631. The summed E-state index contributed by atoms with van der Waals surface area (Å²) in [6.45, 7) is 5.78. The van der Waals surface area contributed by atoms with Crippen LogP contribution in [0.3, 0.4) is 0 Å². The number of Topliss-reactive ketones (excluding diaryl/α,β-unsaturated/α-hetero) is 1. The van der Waals surface area contributed by atoms with Crippen molar-refractivity contribution in [2.75, 3.05) is 6.61 Å². The molecule has 0 amide bonds. The van der Waals surface area contributed by atoms with E-state index in [1.807, 2.05) is 13.8 Å². The van der Waals surface area contributed by atoms with Gasteiger partial charge >= 0.3 is 0 Å². The number of carbonyl (C=O) groups excluding carboxylic acids is 1. The molecule has 17 heavy (non-hydrogen) atoms. The summed E-state index contributed by atoms with van der Waals surface area (Å²) in [7, 11) is 0. The molecule has 1 aromatic carbocycles. The van der Waals surface area contributed by atoms with Crippen LogP contribution in [0.4, 0.5) is 8.78 Å². The molecule has 0 bridgehead atoms. The minimum Gasteiger partial charge on any atom is -0.370 e. The minimum atomic E-state index is -0.847. The second-order valence-electron chi connectivity index (χ2n) is 4.11. The molecule has 1 aromatic rings. The van der Waals surface area contributed by atoms with Gasteiger partial charge in [-0.3, -0.25) is 4.79 Å². The van der Waals surface area contributed by atoms with Crippen molar-refractivity contribution in [2.45, 2.75) is 26.9 Å². The molecule has 0 aliphatic heterocycles. The Bertz CT molecular complexity index is 402. The number of ketones is 1. The molecule has 0 N–H and O–H groups in total. The third-order valence-corrected chi connectivity index (χ3v) is 2.41. The average molecular weight is 242 g/mol. The summed E-state index contributed by atoms with van der Waals surface area (Å²) < 4.78 is 31.5. The van der Waals surface area contributed by atoms with Crippen molar-refractivity contribution >= 4 is 5.78 Å². The van der Waals surface area contributed by atoms with Crippen molar-refractivity contribution in [2.24, 2.45) is 5.92 Å². The maximum atomic E-state index is 13.4. The third-order valence-electron chi connectivity index (χ3n) is 2.41. The Morgan fingerprint density at radius 3 is 2.47 bits per heavy atom. The number of rotatable bonds is 5. The first kappa shape index (κ1) is 13.8. The van der Waals surface area contributed by atoms with E-state index >= 15 is 0 Å². The summed E-state index contributed by atoms with van der Waals surface area (Å²) in [5.74, 6) is -2.05. The van der Waals surface area contributed by atoms with Crippen molar-refractivity contribution in [1.82, 2.24) is 0 Å². The lowest BCUT2D eigenvalue weighted by Gasteiger charge is -2.19. The van der Waals surface area contributed by atoms with E-state index in [-0.39, 0.29) is 11.5 Å². The molecule has 94 valence electrons. The molecule has 0 fully saturated rings. The number of ether oxygens (including phenoxy) is 1. The van der Waals surface area contributed by atoms with Gasteiger partial charge < -0.3 is 4.74 Å². The summed E-state index contributed by atoms with van der Waals surface area (Å²) in [4.78, 5) is 12.0. The first-order valence-electron chi connectivity index (χ1n) is 5.58. The van der Waals surface area contributed by atoms with Crippen molar-refractivity contribution in [3.05, 3.63) is 35.4 Å². The maximum absolute atomic E-state index is 13.4. The molecule has 0 aliphatic carbocycles. The number of hydrogen-bond donors (Lipinski definition) is 0. The molecule has 4 heteroatoms. The predicted octanol–water partition coefficient (Wildman–Crippen LogP) is 3.21. The molecule has 0 radical (unpaired) electrons. The summed E-state index contributed by atoms with van der Waals surface area (Å²) in [5, 5.41) is 0. The second-order valence-corrected chi connectivity index (χ2v) is 4.11. The van der Waals surface area contributed by atoms with Crippen LogP contribution in [-0.4, -0.2) is 18.5 Å². The topological polar surface area (TPSA) is 26.3 Å². The lowest BCUT2D eigenvalue weighted by atomic mass is 9.97. The Morgan fingerprint density at radius 2 is 2.00 bits per heavy atom. The number of hydrogen-bond acceptors (Lipinski definition) is 2. The number of halogens is 2. The molecule has 0 spiro atoms. The third kappa shape index (κ3) is 3.33. The molecule has 1 atom stereocenters. The molecule has 2 nitrogen and oxygen atoms in total. The highest BCUT2D eigenvalue weighted by Gasteiger charge is 2.26. The molecule has 0 aliphatic rings. The van der Waals surface area contributed by atoms with Gasteiger partial charge in [-0.25, -0.2) is 8.78 Å². The molecule has 0 aromatic heterocycles. The fourth-order valence-corrected chi connectivity index (χ4v) is 1.59. The average Bonchev–Trinajstić information content (AvgIpc) is 2.24. The Labute approximate surface area is 99.6 Å². The van der Waals surface area contributed by atoms with Gasteiger partial charge in [-0.05, 0) is 25.0 Å². The fourth-order valence-electron chi connectivity index (χ4n) is 1.59. The lowest BCUT2D eigenvalue weighted by molar-refractivity contribution is 0.0276. The van der Waals surface area contributed by atoms with E-state index in [2.05, 4.69) is 0 Å². The first-order valence-corrected chi connectivity index (χ1v) is 5.58. The predicted molar refractivity (Wildman–Crippen MR) is 60.9 cm³/mol. The first-order chi connectivity index (χ1) is 7.97. The SMILES string of the molecule is CCOC(C(=O)c1ccc(F)cc1F)C(C)C. The number of carbonyl (C=O) groups is 1. The molecule has 0 saturated carbocycles. The summed E-state index contributed by atoms with van der Waals surface area (Å²) >= 11 is 0. The van der Waals surface area contributed by atoms with Gasteiger partial charge in [0.1, 0.15) is 17.7 Å². The zero-order valence-corrected chi connectivity index (χ0v) is 10.2. The smallest absolute Gasteiger partial charge is 0.194 e. The number of benzene rings is 1. The zero-order chi connectivity index (χ0) is 13.0. The van der Waals surface area contributed by atoms with Crippen LogP contribution in [-0.2, 0) is 4.74 Å². The van der Waals surface area contributed by atoms with Crippen LogP contribution in [0.15, 0.2) is 18.2 Å².